The zero-order valence-electron chi connectivity index (χ0n) is 16.0. The minimum Gasteiger partial charge on any atom is -0.462 e. The van der Waals surface area contributed by atoms with Crippen molar-refractivity contribution >= 4 is 23.1 Å². The Morgan fingerprint density at radius 2 is 2.11 bits per heavy atom. The molecule has 0 bridgehead atoms. The first-order valence-electron chi connectivity index (χ1n) is 9.69. The molecule has 0 aromatic carbocycles. The molecule has 0 atom stereocenters. The Hall–Kier alpha value is -2.67. The van der Waals surface area contributed by atoms with Crippen molar-refractivity contribution in [3.8, 4) is 10.8 Å². The molecule has 0 aliphatic carbocycles. The van der Waals surface area contributed by atoms with Crippen LogP contribution in [0.3, 0.4) is 0 Å². The van der Waals surface area contributed by atoms with Crippen LogP contribution in [0, 0.1) is 5.92 Å². The molecule has 3 aromatic rings. The van der Waals surface area contributed by atoms with Crippen molar-refractivity contribution in [2.75, 3.05) is 31.1 Å². The number of carbonyl (C=O) groups is 1. The second kappa shape index (κ2) is 8.56. The minimum absolute atomic E-state index is 0.0601. The SMILES string of the molecule is CCN(CC1CCN(c2ccccn2)CC1)C(=O)c1cnc(-c2ccco2)s1. The highest BCUT2D eigenvalue weighted by molar-refractivity contribution is 7.16. The van der Waals surface area contributed by atoms with Gasteiger partial charge in [-0.2, -0.15) is 0 Å². The normalized spacial score (nSPS) is 15.0. The third-order valence-electron chi connectivity index (χ3n) is 5.18. The monoisotopic (exact) mass is 396 g/mol. The number of furan rings is 1. The number of thiazole rings is 1. The summed E-state index contributed by atoms with van der Waals surface area (Å²) in [5.74, 6) is 2.32. The van der Waals surface area contributed by atoms with Gasteiger partial charge in [-0.3, -0.25) is 4.79 Å². The van der Waals surface area contributed by atoms with Crippen LogP contribution in [0.25, 0.3) is 10.8 Å². The molecule has 0 unspecified atom stereocenters. The average Bonchev–Trinajstić information content (AvgIpc) is 3.44. The molecule has 146 valence electrons. The van der Waals surface area contributed by atoms with Gasteiger partial charge in [0, 0.05) is 32.4 Å². The molecular weight excluding hydrogens is 372 g/mol. The van der Waals surface area contributed by atoms with Gasteiger partial charge in [0.15, 0.2) is 10.8 Å². The summed E-state index contributed by atoms with van der Waals surface area (Å²) in [5.41, 5.74) is 0. The van der Waals surface area contributed by atoms with E-state index in [1.807, 2.05) is 42.3 Å². The molecule has 1 aliphatic rings. The summed E-state index contributed by atoms with van der Waals surface area (Å²) < 4.78 is 5.38. The zero-order valence-corrected chi connectivity index (χ0v) is 16.8. The number of anilines is 1. The molecule has 28 heavy (non-hydrogen) atoms. The van der Waals surface area contributed by atoms with Crippen LogP contribution in [0.1, 0.15) is 29.4 Å². The fourth-order valence-corrected chi connectivity index (χ4v) is 4.45. The number of amides is 1. The molecule has 0 N–H and O–H groups in total. The Balaban J connectivity index is 1.35. The summed E-state index contributed by atoms with van der Waals surface area (Å²) in [4.78, 5) is 26.7. The van der Waals surface area contributed by atoms with Gasteiger partial charge in [0.2, 0.25) is 0 Å². The van der Waals surface area contributed by atoms with E-state index in [9.17, 15) is 4.79 Å². The Morgan fingerprint density at radius 3 is 2.79 bits per heavy atom. The lowest BCUT2D eigenvalue weighted by Crippen LogP contribution is -2.41. The van der Waals surface area contributed by atoms with Gasteiger partial charge in [0.25, 0.3) is 5.91 Å². The van der Waals surface area contributed by atoms with Gasteiger partial charge in [-0.05, 0) is 49.9 Å². The van der Waals surface area contributed by atoms with E-state index < -0.39 is 0 Å². The minimum atomic E-state index is 0.0601. The number of hydrogen-bond acceptors (Lipinski definition) is 6. The quantitative estimate of drug-likeness (QED) is 0.626. The number of piperidine rings is 1. The molecule has 0 spiro atoms. The molecule has 4 heterocycles. The zero-order chi connectivity index (χ0) is 19.3. The second-order valence-corrected chi connectivity index (χ2v) is 8.00. The van der Waals surface area contributed by atoms with Gasteiger partial charge in [-0.15, -0.1) is 11.3 Å². The Labute approximate surface area is 168 Å². The Bertz CT molecular complexity index is 886. The van der Waals surface area contributed by atoms with Gasteiger partial charge in [0.05, 0.1) is 12.5 Å². The van der Waals surface area contributed by atoms with Gasteiger partial charge >= 0.3 is 0 Å². The van der Waals surface area contributed by atoms with E-state index in [1.54, 1.807) is 12.5 Å². The highest BCUT2D eigenvalue weighted by atomic mass is 32.1. The maximum Gasteiger partial charge on any atom is 0.265 e. The lowest BCUT2D eigenvalue weighted by Gasteiger charge is -2.35. The molecule has 4 rings (SSSR count). The predicted octanol–water partition coefficient (Wildman–Crippen LogP) is 4.18. The molecular formula is C21H24N4O2S. The largest absolute Gasteiger partial charge is 0.462 e. The molecule has 0 saturated carbocycles. The lowest BCUT2D eigenvalue weighted by atomic mass is 9.96. The number of nitrogens with zero attached hydrogens (tertiary/aromatic N) is 4. The van der Waals surface area contributed by atoms with Crippen LogP contribution in [0.15, 0.2) is 53.4 Å². The van der Waals surface area contributed by atoms with Gasteiger partial charge in [-0.25, -0.2) is 9.97 Å². The van der Waals surface area contributed by atoms with E-state index in [0.717, 1.165) is 43.3 Å². The van der Waals surface area contributed by atoms with Crippen LogP contribution in [0.4, 0.5) is 5.82 Å². The number of pyridine rings is 1. The van der Waals surface area contributed by atoms with Crippen LogP contribution >= 0.6 is 11.3 Å². The number of carbonyl (C=O) groups excluding carboxylic acids is 1. The van der Waals surface area contributed by atoms with Crippen LogP contribution in [0.2, 0.25) is 0 Å². The molecule has 3 aromatic heterocycles. The maximum atomic E-state index is 13.0. The summed E-state index contributed by atoms with van der Waals surface area (Å²) >= 11 is 1.39. The molecule has 0 radical (unpaired) electrons. The van der Waals surface area contributed by atoms with E-state index in [4.69, 9.17) is 4.42 Å². The van der Waals surface area contributed by atoms with E-state index in [-0.39, 0.29) is 5.91 Å². The summed E-state index contributed by atoms with van der Waals surface area (Å²) in [6.45, 7) is 5.50. The van der Waals surface area contributed by atoms with E-state index >= 15 is 0 Å². The van der Waals surface area contributed by atoms with Gasteiger partial charge < -0.3 is 14.2 Å². The Kier molecular flexibility index (Phi) is 5.71. The highest BCUT2D eigenvalue weighted by Crippen LogP contribution is 2.27. The molecule has 1 saturated heterocycles. The Morgan fingerprint density at radius 1 is 1.25 bits per heavy atom. The molecule has 1 amide bonds. The third-order valence-corrected chi connectivity index (χ3v) is 6.18. The van der Waals surface area contributed by atoms with Crippen molar-refractivity contribution in [1.82, 2.24) is 14.9 Å². The van der Waals surface area contributed by atoms with Gasteiger partial charge in [0.1, 0.15) is 10.7 Å². The van der Waals surface area contributed by atoms with Crippen molar-refractivity contribution in [3.05, 3.63) is 53.9 Å². The van der Waals surface area contributed by atoms with Crippen LogP contribution in [0.5, 0.6) is 0 Å². The lowest BCUT2D eigenvalue weighted by molar-refractivity contribution is 0.0734. The first-order valence-corrected chi connectivity index (χ1v) is 10.5. The summed E-state index contributed by atoms with van der Waals surface area (Å²) in [6, 6.07) is 9.71. The van der Waals surface area contributed by atoms with Crippen molar-refractivity contribution in [3.63, 3.8) is 0 Å². The van der Waals surface area contributed by atoms with E-state index in [1.165, 1.54) is 11.3 Å². The maximum absolute atomic E-state index is 13.0. The van der Waals surface area contributed by atoms with Crippen molar-refractivity contribution in [2.45, 2.75) is 19.8 Å². The summed E-state index contributed by atoms with van der Waals surface area (Å²) in [5, 5.41) is 0.744. The molecule has 6 nitrogen and oxygen atoms in total. The first kappa shape index (κ1) is 18.7. The topological polar surface area (TPSA) is 62.5 Å². The van der Waals surface area contributed by atoms with Crippen LogP contribution in [-0.2, 0) is 0 Å². The fourth-order valence-electron chi connectivity index (χ4n) is 3.60. The van der Waals surface area contributed by atoms with Crippen LogP contribution in [-0.4, -0.2) is 47.0 Å². The van der Waals surface area contributed by atoms with Crippen molar-refractivity contribution in [1.29, 1.82) is 0 Å². The molecule has 1 aliphatic heterocycles. The summed E-state index contributed by atoms with van der Waals surface area (Å²) in [7, 11) is 0. The predicted molar refractivity (Wildman–Crippen MR) is 111 cm³/mol. The molecule has 1 fully saturated rings. The van der Waals surface area contributed by atoms with Crippen molar-refractivity contribution < 1.29 is 9.21 Å². The highest BCUT2D eigenvalue weighted by Gasteiger charge is 2.25. The van der Waals surface area contributed by atoms with E-state index in [0.29, 0.717) is 23.1 Å². The smallest absolute Gasteiger partial charge is 0.265 e. The fraction of sp³-hybridized carbons (Fsp3) is 0.381. The average molecular weight is 397 g/mol. The third kappa shape index (κ3) is 4.09. The van der Waals surface area contributed by atoms with E-state index in [2.05, 4.69) is 20.9 Å². The number of aromatic nitrogens is 2. The summed E-state index contributed by atoms with van der Waals surface area (Å²) in [6.07, 6.45) is 7.26. The van der Waals surface area contributed by atoms with Crippen LogP contribution < -0.4 is 4.90 Å². The van der Waals surface area contributed by atoms with Gasteiger partial charge in [-0.1, -0.05) is 6.07 Å². The second-order valence-electron chi connectivity index (χ2n) is 6.97. The number of hydrogen-bond donors (Lipinski definition) is 0. The van der Waals surface area contributed by atoms with Crippen molar-refractivity contribution in [2.24, 2.45) is 5.92 Å². The first-order chi connectivity index (χ1) is 13.7. The molecule has 7 heteroatoms. The standard InChI is InChI=1S/C21H24N4O2S/c1-2-24(21(26)18-14-23-20(28-18)17-6-5-13-27-17)15-16-8-11-25(12-9-16)19-7-3-4-10-22-19/h3-7,10,13-14,16H,2,8-9,11-12,15H2,1H3. The number of rotatable bonds is 6.